The molecule has 0 bridgehead atoms. The highest BCUT2D eigenvalue weighted by atomic mass is 19.3. The molecule has 0 aromatic heterocycles. The summed E-state index contributed by atoms with van der Waals surface area (Å²) in [5.41, 5.74) is 1.42. The third kappa shape index (κ3) is 2.76. The number of halogens is 2. The van der Waals surface area contributed by atoms with E-state index in [1.165, 1.54) is 6.92 Å². The maximum absolute atomic E-state index is 13.1. The van der Waals surface area contributed by atoms with Gasteiger partial charge in [0.15, 0.2) is 0 Å². The van der Waals surface area contributed by atoms with Crippen molar-refractivity contribution in [3.05, 3.63) is 47.2 Å². The van der Waals surface area contributed by atoms with Gasteiger partial charge in [-0.3, -0.25) is 10.2 Å². The summed E-state index contributed by atoms with van der Waals surface area (Å²) in [5.74, 6) is -0.401. The van der Waals surface area contributed by atoms with Crippen LogP contribution in [0.1, 0.15) is 42.6 Å². The van der Waals surface area contributed by atoms with Crippen molar-refractivity contribution in [3.8, 4) is 0 Å². The number of nitrogens with zero attached hydrogens (tertiary/aromatic N) is 1. The van der Waals surface area contributed by atoms with Gasteiger partial charge in [0.2, 0.25) is 5.72 Å². The Morgan fingerprint density at radius 1 is 1.29 bits per heavy atom. The third-order valence-corrected chi connectivity index (χ3v) is 3.42. The van der Waals surface area contributed by atoms with Crippen LogP contribution in [0.3, 0.4) is 0 Å². The number of benzene rings is 1. The number of aliphatic hydroxyl groups is 1. The molecule has 1 aromatic carbocycles. The molecule has 1 unspecified atom stereocenters. The van der Waals surface area contributed by atoms with Crippen LogP contribution in [0.2, 0.25) is 0 Å². The van der Waals surface area contributed by atoms with Gasteiger partial charge in [-0.1, -0.05) is 26.0 Å². The van der Waals surface area contributed by atoms with E-state index in [9.17, 15) is 18.7 Å². The molecule has 1 aliphatic heterocycles. The van der Waals surface area contributed by atoms with E-state index in [1.54, 1.807) is 24.3 Å². The lowest BCUT2D eigenvalue weighted by Crippen LogP contribution is -2.56. The highest BCUT2D eigenvalue weighted by Crippen LogP contribution is 2.29. The molecule has 1 heterocycles. The van der Waals surface area contributed by atoms with Crippen molar-refractivity contribution in [2.24, 2.45) is 0 Å². The molecule has 1 atom stereocenters. The topological polar surface area (TPSA) is 52.6 Å². The van der Waals surface area contributed by atoms with Crippen molar-refractivity contribution in [2.45, 2.75) is 38.8 Å². The Hall–Kier alpha value is -1.95. The fourth-order valence-electron chi connectivity index (χ4n) is 2.20. The van der Waals surface area contributed by atoms with E-state index in [0.29, 0.717) is 16.6 Å². The van der Waals surface area contributed by atoms with E-state index in [1.807, 2.05) is 13.8 Å². The molecule has 6 heteroatoms. The van der Waals surface area contributed by atoms with Crippen molar-refractivity contribution in [1.82, 2.24) is 10.4 Å². The molecule has 1 aromatic rings. The number of hydrogen-bond acceptors (Lipinski definition) is 3. The predicted octanol–water partition coefficient (Wildman–Crippen LogP) is 2.63. The molecule has 2 N–H and O–H groups in total. The van der Waals surface area contributed by atoms with Gasteiger partial charge >= 0.3 is 0 Å². The number of amides is 1. The van der Waals surface area contributed by atoms with E-state index in [-0.39, 0.29) is 5.56 Å². The van der Waals surface area contributed by atoms with E-state index < -0.39 is 18.1 Å². The van der Waals surface area contributed by atoms with Crippen LogP contribution in [-0.2, 0) is 0 Å². The highest BCUT2D eigenvalue weighted by Gasteiger charge is 2.49. The zero-order chi connectivity index (χ0) is 15.8. The number of hydrazine groups is 1. The van der Waals surface area contributed by atoms with Gasteiger partial charge in [0.1, 0.15) is 0 Å². The minimum Gasteiger partial charge on any atom is -0.361 e. The standard InChI is InChI=1S/C15H18F2N2O2/c1-9(2)11-4-6-12(7-5-11)13(20)19-15(21,14(16)17)8-10(3)18-19/h4-9,14,18,21H,1-3H3. The first-order chi connectivity index (χ1) is 9.75. The van der Waals surface area contributed by atoms with Crippen LogP contribution in [0.25, 0.3) is 0 Å². The number of carbonyl (C=O) groups excluding carboxylic acids is 1. The van der Waals surface area contributed by atoms with Crippen LogP contribution >= 0.6 is 0 Å². The van der Waals surface area contributed by atoms with Crippen molar-refractivity contribution >= 4 is 5.91 Å². The van der Waals surface area contributed by atoms with Crippen LogP contribution in [0.5, 0.6) is 0 Å². The molecule has 0 fully saturated rings. The Bertz CT molecular complexity index is 570. The molecule has 0 saturated heterocycles. The average molecular weight is 296 g/mol. The Labute approximate surface area is 122 Å². The summed E-state index contributed by atoms with van der Waals surface area (Å²) in [4.78, 5) is 12.3. The maximum atomic E-state index is 13.1. The van der Waals surface area contributed by atoms with Gasteiger partial charge in [-0.15, -0.1) is 0 Å². The van der Waals surface area contributed by atoms with E-state index >= 15 is 0 Å². The molecule has 4 nitrogen and oxygen atoms in total. The second-order valence-corrected chi connectivity index (χ2v) is 5.44. The van der Waals surface area contributed by atoms with Crippen molar-refractivity contribution in [2.75, 3.05) is 0 Å². The fraction of sp³-hybridized carbons (Fsp3) is 0.400. The van der Waals surface area contributed by atoms with Crippen molar-refractivity contribution < 1.29 is 18.7 Å². The molecule has 0 radical (unpaired) electrons. The summed E-state index contributed by atoms with van der Waals surface area (Å²) in [5, 5.41) is 10.6. The molecular formula is C15H18F2N2O2. The SMILES string of the molecule is CC1=CC(O)(C(F)F)N(C(=O)c2ccc(C(C)C)cc2)N1. The summed E-state index contributed by atoms with van der Waals surface area (Å²) < 4.78 is 26.1. The summed E-state index contributed by atoms with van der Waals surface area (Å²) in [6.07, 6.45) is -2.17. The molecule has 1 amide bonds. The minimum absolute atomic E-state index is 0.231. The molecule has 2 rings (SSSR count). The van der Waals surface area contributed by atoms with Crippen LogP contribution in [0, 0.1) is 0 Å². The Morgan fingerprint density at radius 3 is 2.33 bits per heavy atom. The van der Waals surface area contributed by atoms with Gasteiger partial charge in [0, 0.05) is 11.3 Å². The molecule has 0 saturated carbocycles. The van der Waals surface area contributed by atoms with Crippen LogP contribution in [-0.4, -0.2) is 28.2 Å². The van der Waals surface area contributed by atoms with Gasteiger partial charge in [-0.25, -0.2) is 13.8 Å². The largest absolute Gasteiger partial charge is 0.361 e. The Balaban J connectivity index is 2.28. The summed E-state index contributed by atoms with van der Waals surface area (Å²) in [7, 11) is 0. The molecule has 0 spiro atoms. The summed E-state index contributed by atoms with van der Waals surface area (Å²) in [6, 6.07) is 6.68. The maximum Gasteiger partial charge on any atom is 0.291 e. The van der Waals surface area contributed by atoms with Gasteiger partial charge in [0.25, 0.3) is 12.3 Å². The average Bonchev–Trinajstić information content (AvgIpc) is 2.74. The van der Waals surface area contributed by atoms with Crippen LogP contribution < -0.4 is 5.43 Å². The summed E-state index contributed by atoms with van der Waals surface area (Å²) in [6.45, 7) is 5.53. The zero-order valence-corrected chi connectivity index (χ0v) is 12.1. The molecule has 0 aliphatic carbocycles. The van der Waals surface area contributed by atoms with Gasteiger partial charge < -0.3 is 5.11 Å². The first kappa shape index (κ1) is 15.4. The number of alkyl halides is 2. The first-order valence-corrected chi connectivity index (χ1v) is 6.67. The lowest BCUT2D eigenvalue weighted by atomic mass is 10.0. The van der Waals surface area contributed by atoms with Crippen molar-refractivity contribution in [3.63, 3.8) is 0 Å². The second kappa shape index (κ2) is 5.44. The number of rotatable bonds is 3. The molecular weight excluding hydrogens is 278 g/mol. The number of carbonyl (C=O) groups is 1. The molecule has 114 valence electrons. The highest BCUT2D eigenvalue weighted by molar-refractivity contribution is 5.95. The quantitative estimate of drug-likeness (QED) is 0.901. The molecule has 1 aliphatic rings. The molecule has 21 heavy (non-hydrogen) atoms. The van der Waals surface area contributed by atoms with Gasteiger partial charge in [-0.2, -0.15) is 0 Å². The zero-order valence-electron chi connectivity index (χ0n) is 12.1. The van der Waals surface area contributed by atoms with Gasteiger partial charge in [0.05, 0.1) is 0 Å². The monoisotopic (exact) mass is 296 g/mol. The third-order valence-electron chi connectivity index (χ3n) is 3.42. The normalized spacial score (nSPS) is 21.7. The number of allylic oxidation sites excluding steroid dienone is 1. The second-order valence-electron chi connectivity index (χ2n) is 5.44. The van der Waals surface area contributed by atoms with Crippen LogP contribution in [0.15, 0.2) is 36.0 Å². The Kier molecular flexibility index (Phi) is 4.00. The van der Waals surface area contributed by atoms with Crippen LogP contribution in [0.4, 0.5) is 8.78 Å². The lowest BCUT2D eigenvalue weighted by Gasteiger charge is -2.31. The first-order valence-electron chi connectivity index (χ1n) is 6.67. The minimum atomic E-state index is -3.11. The van der Waals surface area contributed by atoms with E-state index in [4.69, 9.17) is 0 Å². The van der Waals surface area contributed by atoms with Crippen molar-refractivity contribution in [1.29, 1.82) is 0 Å². The fourth-order valence-corrected chi connectivity index (χ4v) is 2.20. The number of nitrogens with one attached hydrogen (secondary N) is 1. The predicted molar refractivity (Wildman–Crippen MR) is 74.5 cm³/mol. The lowest BCUT2D eigenvalue weighted by molar-refractivity contribution is -0.146. The van der Waals surface area contributed by atoms with E-state index in [0.717, 1.165) is 11.6 Å². The van der Waals surface area contributed by atoms with Gasteiger partial charge in [-0.05, 0) is 36.6 Å². The number of hydrogen-bond donors (Lipinski definition) is 2. The smallest absolute Gasteiger partial charge is 0.291 e. The van der Waals surface area contributed by atoms with E-state index in [2.05, 4.69) is 5.43 Å². The summed E-state index contributed by atoms with van der Waals surface area (Å²) >= 11 is 0. The Morgan fingerprint density at radius 2 is 1.86 bits per heavy atom.